The largest absolute Gasteiger partial charge is 0.497 e. The van der Waals surface area contributed by atoms with Crippen molar-refractivity contribution in [3.63, 3.8) is 0 Å². The molecule has 0 radical (unpaired) electrons. The monoisotopic (exact) mass is 394 g/mol. The number of aryl methyl sites for hydroxylation is 2. The first-order chi connectivity index (χ1) is 14.0. The highest BCUT2D eigenvalue weighted by molar-refractivity contribution is 5.94. The maximum absolute atomic E-state index is 13.0. The molecule has 0 aliphatic carbocycles. The minimum absolute atomic E-state index is 0.0968. The van der Waals surface area contributed by atoms with Crippen LogP contribution in [-0.2, 0) is 11.3 Å². The minimum Gasteiger partial charge on any atom is -0.497 e. The molecular weight excluding hydrogens is 368 g/mol. The lowest BCUT2D eigenvalue weighted by Gasteiger charge is -2.21. The lowest BCUT2D eigenvalue weighted by atomic mass is 10.0. The molecule has 0 spiro atoms. The van der Waals surface area contributed by atoms with E-state index in [9.17, 15) is 4.79 Å². The van der Waals surface area contributed by atoms with Crippen molar-refractivity contribution >= 4 is 5.91 Å². The van der Waals surface area contributed by atoms with E-state index in [1.165, 1.54) is 11.1 Å². The van der Waals surface area contributed by atoms with Crippen LogP contribution in [0, 0.1) is 13.8 Å². The zero-order valence-corrected chi connectivity index (χ0v) is 17.3. The number of methoxy groups -OCH3 is 2. The summed E-state index contributed by atoms with van der Waals surface area (Å²) in [5.41, 5.74) is 4.66. The van der Waals surface area contributed by atoms with Crippen molar-refractivity contribution in [3.05, 3.63) is 70.9 Å². The van der Waals surface area contributed by atoms with Gasteiger partial charge in [-0.2, -0.15) is 0 Å². The molecule has 1 aromatic heterocycles. The van der Waals surface area contributed by atoms with Gasteiger partial charge in [0.05, 0.1) is 20.3 Å². The van der Waals surface area contributed by atoms with Crippen LogP contribution < -0.4 is 4.74 Å². The summed E-state index contributed by atoms with van der Waals surface area (Å²) < 4.78 is 15.9. The Morgan fingerprint density at radius 1 is 1.03 bits per heavy atom. The number of nitrogens with zero attached hydrogens (tertiary/aromatic N) is 2. The van der Waals surface area contributed by atoms with Crippen molar-refractivity contribution in [1.82, 2.24) is 10.1 Å². The molecule has 0 bridgehead atoms. The zero-order valence-electron chi connectivity index (χ0n) is 17.3. The summed E-state index contributed by atoms with van der Waals surface area (Å²) in [4.78, 5) is 14.7. The van der Waals surface area contributed by atoms with Crippen molar-refractivity contribution in [2.24, 2.45) is 0 Å². The van der Waals surface area contributed by atoms with Crippen molar-refractivity contribution in [1.29, 1.82) is 0 Å². The zero-order chi connectivity index (χ0) is 20.8. The molecule has 2 aromatic carbocycles. The topological polar surface area (TPSA) is 64.8 Å². The molecule has 0 aliphatic rings. The summed E-state index contributed by atoms with van der Waals surface area (Å²) in [6.45, 7) is 5.36. The van der Waals surface area contributed by atoms with Crippen LogP contribution >= 0.6 is 0 Å². The number of aromatic nitrogens is 1. The van der Waals surface area contributed by atoms with E-state index < -0.39 is 0 Å². The lowest BCUT2D eigenvalue weighted by molar-refractivity contribution is 0.0676. The molecule has 0 fully saturated rings. The van der Waals surface area contributed by atoms with Gasteiger partial charge in [-0.05, 0) is 55.3 Å². The molecule has 1 amide bonds. The third-order valence-electron chi connectivity index (χ3n) is 4.89. The van der Waals surface area contributed by atoms with Gasteiger partial charge < -0.3 is 18.9 Å². The van der Waals surface area contributed by atoms with E-state index in [1.54, 1.807) is 43.4 Å². The van der Waals surface area contributed by atoms with Crippen LogP contribution in [0.3, 0.4) is 0 Å². The summed E-state index contributed by atoms with van der Waals surface area (Å²) in [6, 6.07) is 15.1. The molecule has 0 saturated heterocycles. The second-order valence-electron chi connectivity index (χ2n) is 6.93. The van der Waals surface area contributed by atoms with E-state index in [2.05, 4.69) is 31.1 Å². The van der Waals surface area contributed by atoms with Crippen LogP contribution in [-0.4, -0.2) is 43.3 Å². The first-order valence-corrected chi connectivity index (χ1v) is 9.47. The second kappa shape index (κ2) is 9.39. The molecule has 0 aliphatic heterocycles. The number of hydrogen-bond acceptors (Lipinski definition) is 5. The highest BCUT2D eigenvalue weighted by atomic mass is 16.5. The Bertz CT molecular complexity index is 963. The standard InChI is InChI=1S/C23H26N2O4/c1-16-5-6-19(13-17(16)2)22-14-20(24-29-22)15-25(11-12-27-3)23(26)18-7-9-21(28-4)10-8-18/h5-10,13-14H,11-12,15H2,1-4H3. The number of ether oxygens (including phenoxy) is 2. The maximum atomic E-state index is 13.0. The van der Waals surface area contributed by atoms with Crippen LogP contribution in [0.4, 0.5) is 0 Å². The van der Waals surface area contributed by atoms with Crippen LogP contribution in [0.5, 0.6) is 5.75 Å². The van der Waals surface area contributed by atoms with E-state index in [-0.39, 0.29) is 5.91 Å². The number of rotatable bonds is 8. The molecule has 3 aromatic rings. The third kappa shape index (κ3) is 5.03. The molecule has 0 saturated carbocycles. The lowest BCUT2D eigenvalue weighted by Crippen LogP contribution is -2.33. The van der Waals surface area contributed by atoms with Crippen LogP contribution in [0.25, 0.3) is 11.3 Å². The summed E-state index contributed by atoms with van der Waals surface area (Å²) in [6.07, 6.45) is 0. The third-order valence-corrected chi connectivity index (χ3v) is 4.89. The highest BCUT2D eigenvalue weighted by Gasteiger charge is 2.18. The van der Waals surface area contributed by atoms with E-state index in [0.29, 0.717) is 42.5 Å². The predicted octanol–water partition coefficient (Wildman–Crippen LogP) is 4.26. The molecule has 0 atom stereocenters. The fraction of sp³-hybridized carbons (Fsp3) is 0.304. The van der Waals surface area contributed by atoms with Gasteiger partial charge in [0.25, 0.3) is 5.91 Å². The molecular formula is C23H26N2O4. The average Bonchev–Trinajstić information content (AvgIpc) is 3.21. The van der Waals surface area contributed by atoms with Gasteiger partial charge in [0.15, 0.2) is 5.76 Å². The number of amides is 1. The van der Waals surface area contributed by atoms with E-state index >= 15 is 0 Å². The molecule has 0 N–H and O–H groups in total. The Morgan fingerprint density at radius 2 is 1.79 bits per heavy atom. The Balaban J connectivity index is 1.78. The van der Waals surface area contributed by atoms with Gasteiger partial charge in [0.2, 0.25) is 0 Å². The second-order valence-corrected chi connectivity index (χ2v) is 6.93. The summed E-state index contributed by atoms with van der Waals surface area (Å²) in [5, 5.41) is 4.17. The summed E-state index contributed by atoms with van der Waals surface area (Å²) in [7, 11) is 3.21. The quantitative estimate of drug-likeness (QED) is 0.571. The van der Waals surface area contributed by atoms with Crippen molar-refractivity contribution in [2.45, 2.75) is 20.4 Å². The Labute approximate surface area is 171 Å². The van der Waals surface area contributed by atoms with E-state index in [4.69, 9.17) is 14.0 Å². The van der Waals surface area contributed by atoms with Crippen molar-refractivity contribution in [3.8, 4) is 17.1 Å². The van der Waals surface area contributed by atoms with Crippen LogP contribution in [0.1, 0.15) is 27.2 Å². The van der Waals surface area contributed by atoms with Crippen molar-refractivity contribution in [2.75, 3.05) is 27.4 Å². The first-order valence-electron chi connectivity index (χ1n) is 9.47. The van der Waals surface area contributed by atoms with Gasteiger partial charge in [-0.3, -0.25) is 4.79 Å². The van der Waals surface area contributed by atoms with Crippen LogP contribution in [0.2, 0.25) is 0 Å². The predicted molar refractivity (Wildman–Crippen MR) is 111 cm³/mol. The maximum Gasteiger partial charge on any atom is 0.254 e. The molecule has 1 heterocycles. The van der Waals surface area contributed by atoms with E-state index in [1.807, 2.05) is 12.1 Å². The Morgan fingerprint density at radius 3 is 2.45 bits per heavy atom. The fourth-order valence-electron chi connectivity index (χ4n) is 2.98. The average molecular weight is 394 g/mol. The molecule has 29 heavy (non-hydrogen) atoms. The number of hydrogen-bond donors (Lipinski definition) is 0. The Hall–Kier alpha value is -3.12. The van der Waals surface area contributed by atoms with Gasteiger partial charge in [-0.1, -0.05) is 17.3 Å². The van der Waals surface area contributed by atoms with Gasteiger partial charge in [-0.15, -0.1) is 0 Å². The highest BCUT2D eigenvalue weighted by Crippen LogP contribution is 2.24. The molecule has 0 unspecified atom stereocenters. The molecule has 6 heteroatoms. The van der Waals surface area contributed by atoms with Crippen LogP contribution in [0.15, 0.2) is 53.1 Å². The summed E-state index contributed by atoms with van der Waals surface area (Å²) >= 11 is 0. The fourth-order valence-corrected chi connectivity index (χ4v) is 2.98. The van der Waals surface area contributed by atoms with Gasteiger partial charge in [0.1, 0.15) is 11.4 Å². The molecule has 3 rings (SSSR count). The minimum atomic E-state index is -0.0968. The smallest absolute Gasteiger partial charge is 0.254 e. The number of carbonyl (C=O) groups is 1. The SMILES string of the molecule is COCCN(Cc1cc(-c2ccc(C)c(C)c2)on1)C(=O)c1ccc(OC)cc1. The number of benzene rings is 2. The summed E-state index contributed by atoms with van der Waals surface area (Å²) in [5.74, 6) is 1.30. The normalized spacial score (nSPS) is 10.8. The van der Waals surface area contributed by atoms with Crippen molar-refractivity contribution < 1.29 is 18.8 Å². The first kappa shape index (κ1) is 20.6. The van der Waals surface area contributed by atoms with E-state index in [0.717, 1.165) is 5.56 Å². The van der Waals surface area contributed by atoms with Gasteiger partial charge in [-0.25, -0.2) is 0 Å². The Kier molecular flexibility index (Phi) is 6.67. The number of carbonyl (C=O) groups excluding carboxylic acids is 1. The van der Waals surface area contributed by atoms with Gasteiger partial charge in [0, 0.05) is 30.8 Å². The van der Waals surface area contributed by atoms with Gasteiger partial charge >= 0.3 is 0 Å². The molecule has 152 valence electrons. The molecule has 6 nitrogen and oxygen atoms in total.